The van der Waals surface area contributed by atoms with E-state index in [1.54, 1.807) is 11.8 Å². The van der Waals surface area contributed by atoms with Crippen molar-refractivity contribution >= 4 is 28.6 Å². The number of imidazole rings is 1. The molecule has 1 saturated carbocycles. The van der Waals surface area contributed by atoms with Crippen LogP contribution < -0.4 is 4.90 Å². The molecule has 4 atom stereocenters. The highest BCUT2D eigenvalue weighted by atomic mass is 16.5. The van der Waals surface area contributed by atoms with E-state index in [4.69, 9.17) is 14.5 Å². The molecule has 5 rings (SSSR count). The van der Waals surface area contributed by atoms with Gasteiger partial charge in [0.1, 0.15) is 11.6 Å². The summed E-state index contributed by atoms with van der Waals surface area (Å²) in [5.41, 5.74) is 4.19. The Balaban J connectivity index is 1.57. The van der Waals surface area contributed by atoms with Gasteiger partial charge in [0.25, 0.3) is 0 Å². The maximum Gasteiger partial charge on any atom is 0.414 e. The van der Waals surface area contributed by atoms with E-state index in [0.29, 0.717) is 11.9 Å². The highest BCUT2D eigenvalue weighted by Crippen LogP contribution is 2.41. The zero-order valence-corrected chi connectivity index (χ0v) is 20.7. The van der Waals surface area contributed by atoms with Crippen molar-refractivity contribution in [1.29, 1.82) is 0 Å². The summed E-state index contributed by atoms with van der Waals surface area (Å²) in [6, 6.07) is 4.57. The van der Waals surface area contributed by atoms with E-state index in [1.165, 1.54) is 7.11 Å². The molecule has 1 aromatic heterocycles. The molecular formula is C27H37N3O4. The molecule has 7 heteroatoms. The topological polar surface area (TPSA) is 73.7 Å². The summed E-state index contributed by atoms with van der Waals surface area (Å²) >= 11 is 0. The number of ether oxygens (including phenoxy) is 2. The molecule has 0 unspecified atom stereocenters. The van der Waals surface area contributed by atoms with Crippen molar-refractivity contribution in [2.75, 3.05) is 18.6 Å². The fourth-order valence-electron chi connectivity index (χ4n) is 6.34. The smallest absolute Gasteiger partial charge is 0.414 e. The van der Waals surface area contributed by atoms with Crippen molar-refractivity contribution in [2.24, 2.45) is 5.92 Å². The quantitative estimate of drug-likeness (QED) is 0.591. The van der Waals surface area contributed by atoms with Gasteiger partial charge in [0.05, 0.1) is 29.9 Å². The summed E-state index contributed by atoms with van der Waals surface area (Å²) in [5.74, 6) is 1.53. The molecule has 1 aliphatic carbocycles. The number of Topliss-reactive ketones (excluding diaryl/α,β-unsaturated/α-hetero) is 1. The van der Waals surface area contributed by atoms with Crippen LogP contribution in [0.5, 0.6) is 0 Å². The van der Waals surface area contributed by atoms with Crippen molar-refractivity contribution < 1.29 is 19.1 Å². The van der Waals surface area contributed by atoms with Crippen molar-refractivity contribution in [1.82, 2.24) is 9.55 Å². The van der Waals surface area contributed by atoms with E-state index in [2.05, 4.69) is 23.6 Å². The van der Waals surface area contributed by atoms with Gasteiger partial charge in [-0.15, -0.1) is 0 Å². The number of hydrogen-bond acceptors (Lipinski definition) is 5. The number of carbonyl (C=O) groups is 2. The normalized spacial score (nSPS) is 27.1. The predicted octanol–water partition coefficient (Wildman–Crippen LogP) is 5.38. The molecule has 0 radical (unpaired) electrons. The lowest BCUT2D eigenvalue weighted by atomic mass is 9.83. The zero-order valence-electron chi connectivity index (χ0n) is 20.7. The molecule has 1 amide bonds. The molecule has 184 valence electrons. The Labute approximate surface area is 201 Å². The third-order valence-corrected chi connectivity index (χ3v) is 8.20. The number of aryl methyl sites for hydroxylation is 2. The Morgan fingerprint density at radius 1 is 1.18 bits per heavy atom. The standard InChI is InChI=1S/C27H37N3O4/c1-17-9-11-22-23(29(17)27(32)33-3)12-13-24-26(22)28-25(14-10-21-8-5-15-34-21)30(24)20-7-4-6-19(16-20)18(2)31/h12-13,17,19-21H,4-11,14-16H2,1-3H3/t17-,19-,20+,21-/m0/s1. The van der Waals surface area contributed by atoms with Crippen molar-refractivity contribution in [2.45, 2.75) is 96.2 Å². The van der Waals surface area contributed by atoms with Gasteiger partial charge in [0.2, 0.25) is 0 Å². The van der Waals surface area contributed by atoms with Crippen LogP contribution >= 0.6 is 0 Å². The molecule has 0 spiro atoms. The van der Waals surface area contributed by atoms with Crippen LogP contribution in [0.4, 0.5) is 10.5 Å². The van der Waals surface area contributed by atoms with E-state index in [0.717, 1.165) is 98.9 Å². The summed E-state index contributed by atoms with van der Waals surface area (Å²) in [4.78, 5) is 31.8. The number of fused-ring (bicyclic) bond motifs is 3. The number of aromatic nitrogens is 2. The molecule has 7 nitrogen and oxygen atoms in total. The first kappa shape index (κ1) is 23.3. The molecule has 2 aliphatic heterocycles. The minimum absolute atomic E-state index is 0.0909. The summed E-state index contributed by atoms with van der Waals surface area (Å²) in [6.45, 7) is 4.66. The van der Waals surface area contributed by atoms with Gasteiger partial charge in [-0.05, 0) is 77.3 Å². The van der Waals surface area contributed by atoms with Gasteiger partial charge in [-0.3, -0.25) is 9.69 Å². The van der Waals surface area contributed by atoms with Crippen molar-refractivity contribution in [3.63, 3.8) is 0 Å². The van der Waals surface area contributed by atoms with Gasteiger partial charge >= 0.3 is 6.09 Å². The first-order valence-corrected chi connectivity index (χ1v) is 13.0. The van der Waals surface area contributed by atoms with Gasteiger partial charge in [-0.1, -0.05) is 6.42 Å². The number of rotatable bonds is 5. The lowest BCUT2D eigenvalue weighted by Gasteiger charge is -2.34. The molecule has 2 fully saturated rings. The molecule has 0 bridgehead atoms. The molecule has 2 aromatic rings. The van der Waals surface area contributed by atoms with Gasteiger partial charge < -0.3 is 14.0 Å². The average Bonchev–Trinajstić information content (AvgIpc) is 3.49. The Kier molecular flexibility index (Phi) is 6.65. The van der Waals surface area contributed by atoms with Gasteiger partial charge in [-0.2, -0.15) is 0 Å². The summed E-state index contributed by atoms with van der Waals surface area (Å²) in [6.07, 6.45) is 9.89. The maximum absolute atomic E-state index is 12.6. The van der Waals surface area contributed by atoms with Gasteiger partial charge in [0.15, 0.2) is 0 Å². The van der Waals surface area contributed by atoms with E-state index in [1.807, 2.05) is 0 Å². The number of benzene rings is 1. The van der Waals surface area contributed by atoms with E-state index < -0.39 is 0 Å². The Bertz CT molecular complexity index is 1070. The third-order valence-electron chi connectivity index (χ3n) is 8.20. The second-order valence-corrected chi connectivity index (χ2v) is 10.4. The zero-order chi connectivity index (χ0) is 23.8. The number of hydrogen-bond donors (Lipinski definition) is 0. The number of carbonyl (C=O) groups excluding carboxylic acids is 2. The minimum atomic E-state index is -0.317. The molecular weight excluding hydrogens is 430 g/mol. The largest absolute Gasteiger partial charge is 0.452 e. The third kappa shape index (κ3) is 4.23. The van der Waals surface area contributed by atoms with Crippen LogP contribution in [0.25, 0.3) is 11.0 Å². The SMILES string of the molecule is COC(=O)N1c2ccc3c(nc(CC[C@@H]4CCCO4)n3[C@@H]3CCC[C@H](C(C)=O)C3)c2CC[C@@H]1C. The van der Waals surface area contributed by atoms with E-state index in [-0.39, 0.29) is 24.1 Å². The Morgan fingerprint density at radius 2 is 2.03 bits per heavy atom. The van der Waals surface area contributed by atoms with Gasteiger partial charge in [-0.25, -0.2) is 9.78 Å². The van der Waals surface area contributed by atoms with Crippen LogP contribution in [0, 0.1) is 5.92 Å². The van der Waals surface area contributed by atoms with E-state index >= 15 is 0 Å². The lowest BCUT2D eigenvalue weighted by molar-refractivity contribution is -0.122. The highest BCUT2D eigenvalue weighted by molar-refractivity contribution is 5.95. The maximum atomic E-state index is 12.6. The van der Waals surface area contributed by atoms with E-state index in [9.17, 15) is 9.59 Å². The van der Waals surface area contributed by atoms with Crippen molar-refractivity contribution in [3.8, 4) is 0 Å². The number of methoxy groups -OCH3 is 1. The average molecular weight is 468 g/mol. The van der Waals surface area contributed by atoms with Crippen LogP contribution in [0.2, 0.25) is 0 Å². The molecule has 0 N–H and O–H groups in total. The Hall–Kier alpha value is -2.41. The number of ketones is 1. The molecule has 1 aromatic carbocycles. The predicted molar refractivity (Wildman–Crippen MR) is 131 cm³/mol. The highest BCUT2D eigenvalue weighted by Gasteiger charge is 2.33. The monoisotopic (exact) mass is 467 g/mol. The number of nitrogens with zero attached hydrogens (tertiary/aromatic N) is 3. The first-order valence-electron chi connectivity index (χ1n) is 13.0. The Morgan fingerprint density at radius 3 is 2.76 bits per heavy atom. The van der Waals surface area contributed by atoms with Crippen LogP contribution in [0.3, 0.4) is 0 Å². The van der Waals surface area contributed by atoms with Crippen molar-refractivity contribution in [3.05, 3.63) is 23.5 Å². The fraction of sp³-hybridized carbons (Fsp3) is 0.667. The van der Waals surface area contributed by atoms with Crippen LogP contribution in [0.1, 0.15) is 82.6 Å². The summed E-state index contributed by atoms with van der Waals surface area (Å²) in [7, 11) is 1.44. The summed E-state index contributed by atoms with van der Waals surface area (Å²) < 4.78 is 13.4. The summed E-state index contributed by atoms with van der Waals surface area (Å²) in [5, 5.41) is 0. The van der Waals surface area contributed by atoms with Gasteiger partial charge in [0, 0.05) is 36.6 Å². The molecule has 3 aliphatic rings. The van der Waals surface area contributed by atoms with Crippen LogP contribution in [-0.4, -0.2) is 47.3 Å². The van der Waals surface area contributed by atoms with Crippen LogP contribution in [0.15, 0.2) is 12.1 Å². The fourth-order valence-corrected chi connectivity index (χ4v) is 6.34. The molecule has 3 heterocycles. The first-order chi connectivity index (χ1) is 16.5. The second kappa shape index (κ2) is 9.68. The lowest BCUT2D eigenvalue weighted by Crippen LogP contribution is -2.42. The molecule has 1 saturated heterocycles. The number of amides is 1. The van der Waals surface area contributed by atoms with Crippen LogP contribution in [-0.2, 0) is 27.1 Å². The minimum Gasteiger partial charge on any atom is -0.452 e. The molecule has 34 heavy (non-hydrogen) atoms. The number of anilines is 1. The second-order valence-electron chi connectivity index (χ2n) is 10.4.